The van der Waals surface area contributed by atoms with E-state index in [4.69, 9.17) is 0 Å². The smallest absolute Gasteiger partial charge is 0.313 e. The Balaban J connectivity index is 1.53. The van der Waals surface area contributed by atoms with Gasteiger partial charge in [0.15, 0.2) is 5.65 Å². The number of rotatable bonds is 3. The van der Waals surface area contributed by atoms with E-state index in [9.17, 15) is 22.8 Å². The molecule has 1 aliphatic rings. The second-order valence-corrected chi connectivity index (χ2v) is 7.09. The van der Waals surface area contributed by atoms with Gasteiger partial charge in [0, 0.05) is 30.4 Å². The quantitative estimate of drug-likeness (QED) is 0.535. The molecule has 0 aromatic carbocycles. The predicted octanol–water partition coefficient (Wildman–Crippen LogP) is 2.46. The van der Waals surface area contributed by atoms with E-state index in [1.165, 1.54) is 23.0 Å². The summed E-state index contributed by atoms with van der Waals surface area (Å²) < 4.78 is 39.8. The molecule has 8 nitrogen and oxygen atoms in total. The summed E-state index contributed by atoms with van der Waals surface area (Å²) in [7, 11) is 0. The van der Waals surface area contributed by atoms with E-state index in [0.717, 1.165) is 11.6 Å². The maximum Gasteiger partial charge on any atom is 0.433 e. The van der Waals surface area contributed by atoms with Crippen molar-refractivity contribution in [3.8, 4) is 11.3 Å². The zero-order chi connectivity index (χ0) is 21.0. The minimum Gasteiger partial charge on any atom is -0.313 e. The zero-order valence-electron chi connectivity index (χ0n) is 15.1. The summed E-state index contributed by atoms with van der Waals surface area (Å²) in [5.74, 6) is -0.0126. The molecule has 1 unspecified atom stereocenters. The van der Waals surface area contributed by atoms with Crippen molar-refractivity contribution in [1.29, 1.82) is 0 Å². The van der Waals surface area contributed by atoms with Gasteiger partial charge < -0.3 is 4.98 Å². The van der Waals surface area contributed by atoms with Gasteiger partial charge in [-0.3, -0.25) is 14.8 Å². The number of fused-ring (bicyclic) bond motifs is 1. The Bertz CT molecular complexity index is 1370. The molecule has 1 aliphatic carbocycles. The molecule has 11 heteroatoms. The Morgan fingerprint density at radius 2 is 1.97 bits per heavy atom. The Labute approximate surface area is 165 Å². The summed E-state index contributed by atoms with van der Waals surface area (Å²) in [6.07, 6.45) is 1.99. The molecule has 0 amide bonds. The number of nitrogens with zero attached hydrogens (tertiary/aromatic N) is 4. The fraction of sp³-hybridized carbons (Fsp3) is 0.211. The van der Waals surface area contributed by atoms with Gasteiger partial charge in [-0.2, -0.15) is 18.3 Å². The van der Waals surface area contributed by atoms with Crippen molar-refractivity contribution in [2.45, 2.75) is 24.4 Å². The van der Waals surface area contributed by atoms with Crippen LogP contribution in [0.3, 0.4) is 0 Å². The molecule has 0 radical (unpaired) electrons. The average Bonchev–Trinajstić information content (AvgIpc) is 3.35. The standard InChI is InChI=1S/C19H13F3N6O2/c20-19(21,22)15-2-1-9(7-24-15)10-5-11(10)12-6-14(27-28-4-3-23-16(12)28)13-8-25-18(30)26-17(13)29/h1-4,6-8,10-11H,5H2,(H2,25,26,29,30)/t10-,11?/m0/s1. The van der Waals surface area contributed by atoms with Crippen molar-refractivity contribution in [2.75, 3.05) is 0 Å². The number of nitrogens with one attached hydrogen (secondary N) is 2. The molecule has 0 aliphatic heterocycles. The molecular formula is C19H13F3N6O2. The first-order valence-corrected chi connectivity index (χ1v) is 9.01. The third kappa shape index (κ3) is 3.08. The summed E-state index contributed by atoms with van der Waals surface area (Å²) in [6, 6.07) is 4.15. The fourth-order valence-electron chi connectivity index (χ4n) is 3.65. The molecule has 4 aromatic rings. The predicted molar refractivity (Wildman–Crippen MR) is 99.0 cm³/mol. The Morgan fingerprint density at radius 1 is 1.13 bits per heavy atom. The highest BCUT2D eigenvalue weighted by molar-refractivity contribution is 5.63. The number of hydrogen-bond acceptors (Lipinski definition) is 5. The minimum atomic E-state index is -4.48. The molecular weight excluding hydrogens is 401 g/mol. The molecule has 1 saturated carbocycles. The van der Waals surface area contributed by atoms with E-state index in [1.807, 2.05) is 0 Å². The van der Waals surface area contributed by atoms with Crippen molar-refractivity contribution in [2.24, 2.45) is 0 Å². The summed E-state index contributed by atoms with van der Waals surface area (Å²) >= 11 is 0. The maximum atomic E-state index is 12.7. The molecule has 0 bridgehead atoms. The summed E-state index contributed by atoms with van der Waals surface area (Å²) in [5.41, 5.74) is 0.553. The van der Waals surface area contributed by atoms with E-state index in [2.05, 4.69) is 25.0 Å². The van der Waals surface area contributed by atoms with Gasteiger partial charge in [-0.25, -0.2) is 14.3 Å². The van der Waals surface area contributed by atoms with E-state index in [-0.39, 0.29) is 17.4 Å². The number of aromatic amines is 2. The van der Waals surface area contributed by atoms with Crippen LogP contribution in [0.1, 0.15) is 35.1 Å². The fourth-order valence-corrected chi connectivity index (χ4v) is 3.65. The first-order chi connectivity index (χ1) is 14.3. The van der Waals surface area contributed by atoms with E-state index >= 15 is 0 Å². The van der Waals surface area contributed by atoms with Gasteiger partial charge in [0.25, 0.3) is 5.56 Å². The molecule has 2 N–H and O–H groups in total. The Kier molecular flexibility index (Phi) is 3.88. The van der Waals surface area contributed by atoms with Crippen LogP contribution in [0.15, 0.2) is 52.6 Å². The van der Waals surface area contributed by atoms with Gasteiger partial charge in [-0.15, -0.1) is 0 Å². The Hall–Kier alpha value is -3.76. The number of alkyl halides is 3. The van der Waals surface area contributed by atoms with E-state index in [0.29, 0.717) is 23.3 Å². The lowest BCUT2D eigenvalue weighted by Gasteiger charge is -2.08. The summed E-state index contributed by atoms with van der Waals surface area (Å²) in [6.45, 7) is 0. The number of H-pyrrole nitrogens is 2. The van der Waals surface area contributed by atoms with Crippen molar-refractivity contribution in [3.63, 3.8) is 0 Å². The lowest BCUT2D eigenvalue weighted by atomic mass is 10.0. The summed E-state index contributed by atoms with van der Waals surface area (Å²) in [4.78, 5) is 35.9. The van der Waals surface area contributed by atoms with Gasteiger partial charge in [-0.05, 0) is 36.0 Å². The number of imidazole rings is 1. The lowest BCUT2D eigenvalue weighted by molar-refractivity contribution is -0.141. The number of halogens is 3. The number of aromatic nitrogens is 6. The molecule has 4 aromatic heterocycles. The highest BCUT2D eigenvalue weighted by atomic mass is 19.4. The van der Waals surface area contributed by atoms with E-state index < -0.39 is 23.1 Å². The minimum absolute atomic E-state index is 0.00275. The molecule has 152 valence electrons. The molecule has 1 fully saturated rings. The van der Waals surface area contributed by atoms with Gasteiger partial charge in [0.2, 0.25) is 0 Å². The molecule has 30 heavy (non-hydrogen) atoms. The van der Waals surface area contributed by atoms with E-state index in [1.54, 1.807) is 18.5 Å². The SMILES string of the molecule is O=c1[nH]cc(-c2cc(C3C[C@H]3c3ccc(C(F)(F)F)nc3)c3nccn3n2)c(=O)[nH]1. The van der Waals surface area contributed by atoms with Gasteiger partial charge in [-0.1, -0.05) is 6.07 Å². The van der Waals surface area contributed by atoms with Crippen molar-refractivity contribution < 1.29 is 13.2 Å². The van der Waals surface area contributed by atoms with Crippen LogP contribution in [0.5, 0.6) is 0 Å². The summed E-state index contributed by atoms with van der Waals surface area (Å²) in [5, 5.41) is 4.38. The van der Waals surface area contributed by atoms with Gasteiger partial charge in [0.05, 0.1) is 11.3 Å². The third-order valence-electron chi connectivity index (χ3n) is 5.18. The maximum absolute atomic E-state index is 12.7. The highest BCUT2D eigenvalue weighted by Crippen LogP contribution is 2.55. The zero-order valence-corrected chi connectivity index (χ0v) is 15.1. The second-order valence-electron chi connectivity index (χ2n) is 7.09. The highest BCUT2D eigenvalue weighted by Gasteiger charge is 2.42. The molecule has 2 atom stereocenters. The van der Waals surface area contributed by atoms with Crippen LogP contribution in [-0.4, -0.2) is 29.5 Å². The Morgan fingerprint density at radius 3 is 2.67 bits per heavy atom. The first-order valence-electron chi connectivity index (χ1n) is 9.01. The van der Waals surface area contributed by atoms with Gasteiger partial charge in [0.1, 0.15) is 5.69 Å². The van der Waals surface area contributed by atoms with Crippen LogP contribution in [-0.2, 0) is 6.18 Å². The van der Waals surface area contributed by atoms with Gasteiger partial charge >= 0.3 is 11.9 Å². The number of pyridine rings is 1. The molecule has 0 saturated heterocycles. The first kappa shape index (κ1) is 18.3. The van der Waals surface area contributed by atoms with Crippen LogP contribution in [0.25, 0.3) is 16.9 Å². The third-order valence-corrected chi connectivity index (χ3v) is 5.18. The van der Waals surface area contributed by atoms with Crippen LogP contribution in [0, 0.1) is 0 Å². The van der Waals surface area contributed by atoms with Crippen LogP contribution in [0.2, 0.25) is 0 Å². The van der Waals surface area contributed by atoms with Crippen LogP contribution in [0.4, 0.5) is 13.2 Å². The topological polar surface area (TPSA) is 109 Å². The monoisotopic (exact) mass is 414 g/mol. The van der Waals surface area contributed by atoms with Crippen molar-refractivity contribution >= 4 is 5.65 Å². The second kappa shape index (κ2) is 6.37. The molecule has 0 spiro atoms. The van der Waals surface area contributed by atoms with Crippen LogP contribution >= 0.6 is 0 Å². The molecule has 5 rings (SSSR count). The average molecular weight is 414 g/mol. The number of hydrogen-bond donors (Lipinski definition) is 2. The van der Waals surface area contributed by atoms with Crippen molar-refractivity contribution in [3.05, 3.63) is 80.6 Å². The lowest BCUT2D eigenvalue weighted by Crippen LogP contribution is -2.23. The normalized spacial score (nSPS) is 18.6. The molecule has 4 heterocycles. The van der Waals surface area contributed by atoms with Crippen LogP contribution < -0.4 is 11.2 Å². The largest absolute Gasteiger partial charge is 0.433 e. The van der Waals surface area contributed by atoms with Crippen molar-refractivity contribution in [1.82, 2.24) is 29.5 Å².